The molecule has 1 unspecified atom stereocenters. The Bertz CT molecular complexity index is 450. The Morgan fingerprint density at radius 1 is 1.53 bits per heavy atom. The lowest BCUT2D eigenvalue weighted by Crippen LogP contribution is -2.30. The number of hydrogen-bond donors (Lipinski definition) is 2. The van der Waals surface area contributed by atoms with Gasteiger partial charge in [-0.3, -0.25) is 9.48 Å². The van der Waals surface area contributed by atoms with E-state index >= 15 is 0 Å². The monoisotopic (exact) mass is 265 g/mol. The molecule has 106 valence electrons. The predicted octanol–water partition coefficient (Wildman–Crippen LogP) is 1.70. The van der Waals surface area contributed by atoms with Crippen molar-refractivity contribution >= 4 is 5.91 Å². The summed E-state index contributed by atoms with van der Waals surface area (Å²) in [5.41, 5.74) is 1.77. The van der Waals surface area contributed by atoms with Crippen LogP contribution in [0, 0.1) is 5.92 Å². The van der Waals surface area contributed by atoms with Crippen molar-refractivity contribution < 1.29 is 9.90 Å². The second-order valence-corrected chi connectivity index (χ2v) is 5.75. The van der Waals surface area contributed by atoms with Crippen LogP contribution in [0.5, 0.6) is 0 Å². The molecule has 1 aliphatic carbocycles. The number of carbonyl (C=O) groups excluding carboxylic acids is 1. The zero-order valence-electron chi connectivity index (χ0n) is 11.9. The molecule has 1 heterocycles. The maximum absolute atomic E-state index is 12.2. The molecule has 5 heteroatoms. The Morgan fingerprint density at radius 3 is 2.74 bits per heavy atom. The number of carbonyl (C=O) groups is 1. The third-order valence-corrected chi connectivity index (χ3v) is 3.45. The van der Waals surface area contributed by atoms with Crippen LogP contribution >= 0.6 is 0 Å². The van der Waals surface area contributed by atoms with Crippen LogP contribution in [0.2, 0.25) is 0 Å². The van der Waals surface area contributed by atoms with Crippen molar-refractivity contribution in [1.29, 1.82) is 0 Å². The Labute approximate surface area is 114 Å². The molecule has 5 nitrogen and oxygen atoms in total. The molecule has 0 aromatic carbocycles. The van der Waals surface area contributed by atoms with Crippen molar-refractivity contribution in [3.63, 3.8) is 0 Å². The summed E-state index contributed by atoms with van der Waals surface area (Å²) < 4.78 is 1.96. The summed E-state index contributed by atoms with van der Waals surface area (Å²) in [5.74, 6) is 0.489. The van der Waals surface area contributed by atoms with E-state index in [9.17, 15) is 4.79 Å². The highest BCUT2D eigenvalue weighted by Gasteiger charge is 2.32. The molecule has 0 saturated heterocycles. The molecule has 1 aromatic rings. The third-order valence-electron chi connectivity index (χ3n) is 3.45. The number of nitrogens with zero attached hydrogens (tertiary/aromatic N) is 2. The van der Waals surface area contributed by atoms with E-state index in [1.165, 1.54) is 0 Å². The first-order chi connectivity index (χ1) is 9.04. The molecule has 19 heavy (non-hydrogen) atoms. The zero-order chi connectivity index (χ0) is 14.0. The zero-order valence-corrected chi connectivity index (χ0v) is 11.9. The van der Waals surface area contributed by atoms with Gasteiger partial charge >= 0.3 is 0 Å². The first-order valence-corrected chi connectivity index (χ1v) is 7.01. The molecule has 0 radical (unpaired) electrons. The second-order valence-electron chi connectivity index (χ2n) is 5.75. The van der Waals surface area contributed by atoms with Gasteiger partial charge in [-0.15, -0.1) is 0 Å². The standard InChI is InChI=1S/C14H23N3O2/c1-9(2)17-13(11-4-5-11)12(7-16-17)14(19)15-6-10(3)8-18/h7,9-11,18H,4-6,8H2,1-3H3,(H,15,19). The summed E-state index contributed by atoms with van der Waals surface area (Å²) in [5, 5.41) is 16.2. The minimum absolute atomic E-state index is 0.0749. The summed E-state index contributed by atoms with van der Waals surface area (Å²) in [7, 11) is 0. The van der Waals surface area contributed by atoms with Crippen LogP contribution in [-0.2, 0) is 0 Å². The number of nitrogens with one attached hydrogen (secondary N) is 1. The van der Waals surface area contributed by atoms with Gasteiger partial charge in [-0.2, -0.15) is 5.10 Å². The number of amides is 1. The lowest BCUT2D eigenvalue weighted by Gasteiger charge is -2.13. The van der Waals surface area contributed by atoms with Gasteiger partial charge in [0, 0.05) is 25.1 Å². The molecule has 1 aromatic heterocycles. The van der Waals surface area contributed by atoms with Gasteiger partial charge in [0.05, 0.1) is 17.5 Å². The average Bonchev–Trinajstić information content (AvgIpc) is 3.13. The van der Waals surface area contributed by atoms with Crippen molar-refractivity contribution in [3.8, 4) is 0 Å². The van der Waals surface area contributed by atoms with E-state index in [0.29, 0.717) is 18.0 Å². The maximum atomic E-state index is 12.2. The number of aliphatic hydroxyl groups excluding tert-OH is 1. The molecule has 0 spiro atoms. The van der Waals surface area contributed by atoms with Gasteiger partial charge in [0.2, 0.25) is 0 Å². The Hall–Kier alpha value is -1.36. The van der Waals surface area contributed by atoms with Gasteiger partial charge in [-0.05, 0) is 32.6 Å². The topological polar surface area (TPSA) is 67.2 Å². The minimum Gasteiger partial charge on any atom is -0.396 e. The van der Waals surface area contributed by atoms with E-state index in [1.807, 2.05) is 11.6 Å². The van der Waals surface area contributed by atoms with E-state index in [-0.39, 0.29) is 24.5 Å². The molecule has 1 aliphatic rings. The van der Waals surface area contributed by atoms with E-state index < -0.39 is 0 Å². The number of rotatable bonds is 6. The third kappa shape index (κ3) is 3.15. The molecule has 1 amide bonds. The molecular weight excluding hydrogens is 242 g/mol. The fraction of sp³-hybridized carbons (Fsp3) is 0.714. The Morgan fingerprint density at radius 2 is 2.21 bits per heavy atom. The van der Waals surface area contributed by atoms with E-state index in [1.54, 1.807) is 6.20 Å². The minimum atomic E-state index is -0.0749. The summed E-state index contributed by atoms with van der Waals surface area (Å²) in [6.07, 6.45) is 3.96. The number of aliphatic hydroxyl groups is 1. The quantitative estimate of drug-likeness (QED) is 0.822. The fourth-order valence-corrected chi connectivity index (χ4v) is 2.15. The SMILES string of the molecule is CC(CO)CNC(=O)c1cnn(C(C)C)c1C1CC1. The van der Waals surface area contributed by atoms with Crippen molar-refractivity contribution in [2.75, 3.05) is 13.2 Å². The summed E-state index contributed by atoms with van der Waals surface area (Å²) in [6.45, 7) is 6.63. The highest BCUT2D eigenvalue weighted by atomic mass is 16.3. The van der Waals surface area contributed by atoms with Crippen molar-refractivity contribution in [1.82, 2.24) is 15.1 Å². The largest absolute Gasteiger partial charge is 0.396 e. The lowest BCUT2D eigenvalue weighted by atomic mass is 10.1. The van der Waals surface area contributed by atoms with Crippen molar-refractivity contribution in [2.24, 2.45) is 5.92 Å². The van der Waals surface area contributed by atoms with Gasteiger partial charge in [-0.25, -0.2) is 0 Å². The van der Waals surface area contributed by atoms with Gasteiger partial charge in [0.25, 0.3) is 5.91 Å². The first-order valence-electron chi connectivity index (χ1n) is 7.01. The molecule has 1 saturated carbocycles. The van der Waals surface area contributed by atoms with Crippen molar-refractivity contribution in [3.05, 3.63) is 17.5 Å². The van der Waals surface area contributed by atoms with Gasteiger partial charge in [0.1, 0.15) is 0 Å². The molecule has 1 fully saturated rings. The van der Waals surface area contributed by atoms with E-state index in [2.05, 4.69) is 24.3 Å². The Balaban J connectivity index is 2.13. The highest BCUT2D eigenvalue weighted by molar-refractivity contribution is 5.95. The number of hydrogen-bond acceptors (Lipinski definition) is 3. The Kier molecular flexibility index (Phi) is 4.24. The smallest absolute Gasteiger partial charge is 0.254 e. The van der Waals surface area contributed by atoms with Gasteiger partial charge < -0.3 is 10.4 Å². The van der Waals surface area contributed by atoms with Crippen molar-refractivity contribution in [2.45, 2.75) is 45.6 Å². The van der Waals surface area contributed by atoms with Crippen LogP contribution in [0.3, 0.4) is 0 Å². The summed E-state index contributed by atoms with van der Waals surface area (Å²) in [4.78, 5) is 12.2. The van der Waals surface area contributed by atoms with Crippen LogP contribution in [0.15, 0.2) is 6.20 Å². The molecule has 0 bridgehead atoms. The predicted molar refractivity (Wildman–Crippen MR) is 73.2 cm³/mol. The molecule has 1 atom stereocenters. The van der Waals surface area contributed by atoms with Crippen LogP contribution in [-0.4, -0.2) is 33.9 Å². The second kappa shape index (κ2) is 5.74. The van der Waals surface area contributed by atoms with Crippen LogP contribution in [0.1, 0.15) is 61.6 Å². The van der Waals surface area contributed by atoms with E-state index in [4.69, 9.17) is 5.11 Å². The molecule has 2 N–H and O–H groups in total. The van der Waals surface area contributed by atoms with Crippen LogP contribution in [0.4, 0.5) is 0 Å². The van der Waals surface area contributed by atoms with Crippen LogP contribution < -0.4 is 5.32 Å². The van der Waals surface area contributed by atoms with E-state index in [0.717, 1.165) is 18.5 Å². The fourth-order valence-electron chi connectivity index (χ4n) is 2.15. The molecule has 2 rings (SSSR count). The lowest BCUT2D eigenvalue weighted by molar-refractivity contribution is 0.0941. The number of aromatic nitrogens is 2. The summed E-state index contributed by atoms with van der Waals surface area (Å²) in [6, 6.07) is 0.272. The molecular formula is C14H23N3O2. The molecule has 0 aliphatic heterocycles. The highest BCUT2D eigenvalue weighted by Crippen LogP contribution is 2.42. The summed E-state index contributed by atoms with van der Waals surface area (Å²) >= 11 is 0. The van der Waals surface area contributed by atoms with Gasteiger partial charge in [0.15, 0.2) is 0 Å². The van der Waals surface area contributed by atoms with Gasteiger partial charge in [-0.1, -0.05) is 6.92 Å². The first kappa shape index (κ1) is 14.1. The average molecular weight is 265 g/mol. The maximum Gasteiger partial charge on any atom is 0.254 e. The van der Waals surface area contributed by atoms with Crippen LogP contribution in [0.25, 0.3) is 0 Å². The normalized spacial score (nSPS) is 16.7.